The molecule has 126 valence electrons. The van der Waals surface area contributed by atoms with E-state index < -0.39 is 30.6 Å². The fourth-order valence-electron chi connectivity index (χ4n) is 1.29. The van der Waals surface area contributed by atoms with Crippen LogP contribution in [0.15, 0.2) is 0 Å². The van der Waals surface area contributed by atoms with Gasteiger partial charge in [-0.15, -0.1) is 0 Å². The maximum absolute atomic E-state index is 12.8. The Labute approximate surface area is 125 Å². The Bertz CT molecular complexity index is 331. The summed E-state index contributed by atoms with van der Waals surface area (Å²) in [5.41, 5.74) is 0. The normalized spacial score (nSPS) is 13.3. The van der Waals surface area contributed by atoms with Crippen LogP contribution in [0.5, 0.6) is 0 Å². The second kappa shape index (κ2) is 8.19. The first-order valence-electron chi connectivity index (χ1n) is 6.04. The molecule has 0 spiro atoms. The number of carbonyl (C=O) groups is 1. The molecule has 10 heteroatoms. The van der Waals surface area contributed by atoms with Crippen molar-refractivity contribution in [3.05, 3.63) is 0 Å². The van der Waals surface area contributed by atoms with Crippen LogP contribution < -0.4 is 0 Å². The van der Waals surface area contributed by atoms with Gasteiger partial charge in [-0.1, -0.05) is 35.2 Å². The first kappa shape index (κ1) is 20.5. The molecule has 0 aromatic heterocycles. The summed E-state index contributed by atoms with van der Waals surface area (Å²) in [7, 11) is 0. The molecule has 0 N–H and O–H groups in total. The summed E-state index contributed by atoms with van der Waals surface area (Å²) in [6.07, 6.45) is -3.51. The molecule has 2 nitrogen and oxygen atoms in total. The summed E-state index contributed by atoms with van der Waals surface area (Å²) in [5.74, 6) is -15.3. The standard InChI is InChI=1S/C11H14BrF7O2/c12-6-4-2-1-3-5-7-21-8(20)9(13,14)10(15,16)11(17,18)19/h1-7H2. The maximum atomic E-state index is 12.8. The van der Waals surface area contributed by atoms with E-state index in [0.29, 0.717) is 12.8 Å². The average Bonchev–Trinajstić information content (AvgIpc) is 2.35. The van der Waals surface area contributed by atoms with Gasteiger partial charge in [-0.3, -0.25) is 0 Å². The summed E-state index contributed by atoms with van der Waals surface area (Å²) >= 11 is 3.19. The number of carbonyl (C=O) groups excluding carboxylic acids is 1. The minimum atomic E-state index is -6.54. The Kier molecular flexibility index (Phi) is 7.98. The highest BCUT2D eigenvalue weighted by molar-refractivity contribution is 9.09. The van der Waals surface area contributed by atoms with Crippen molar-refractivity contribution in [2.24, 2.45) is 0 Å². The summed E-state index contributed by atoms with van der Waals surface area (Å²) in [5, 5.41) is 0.792. The van der Waals surface area contributed by atoms with Gasteiger partial charge in [0.2, 0.25) is 0 Å². The summed E-state index contributed by atoms with van der Waals surface area (Å²) in [6, 6.07) is 0. The van der Waals surface area contributed by atoms with Crippen molar-refractivity contribution in [2.45, 2.75) is 50.1 Å². The lowest BCUT2D eigenvalue weighted by atomic mass is 10.1. The highest BCUT2D eigenvalue weighted by atomic mass is 79.9. The first-order chi connectivity index (χ1) is 9.48. The number of esters is 1. The van der Waals surface area contributed by atoms with Crippen molar-refractivity contribution in [2.75, 3.05) is 11.9 Å². The van der Waals surface area contributed by atoms with Gasteiger partial charge in [0.1, 0.15) is 0 Å². The third kappa shape index (κ3) is 5.63. The molecule has 0 fully saturated rings. The minimum Gasteiger partial charge on any atom is -0.461 e. The number of unbranched alkanes of at least 4 members (excludes halogenated alkanes) is 4. The van der Waals surface area contributed by atoms with Crippen molar-refractivity contribution < 1.29 is 40.3 Å². The van der Waals surface area contributed by atoms with E-state index in [1.54, 1.807) is 0 Å². The van der Waals surface area contributed by atoms with E-state index in [1.807, 2.05) is 0 Å². The molecule has 0 aromatic rings. The topological polar surface area (TPSA) is 26.3 Å². The smallest absolute Gasteiger partial charge is 0.460 e. The van der Waals surface area contributed by atoms with Crippen LogP contribution in [0.3, 0.4) is 0 Å². The van der Waals surface area contributed by atoms with Gasteiger partial charge in [-0.05, 0) is 12.8 Å². The first-order valence-corrected chi connectivity index (χ1v) is 7.16. The van der Waals surface area contributed by atoms with Crippen molar-refractivity contribution in [3.63, 3.8) is 0 Å². The fraction of sp³-hybridized carbons (Fsp3) is 0.909. The SMILES string of the molecule is O=C(OCCCCCCCBr)C(F)(F)C(F)(F)C(F)(F)F. The van der Waals surface area contributed by atoms with Crippen molar-refractivity contribution in [3.8, 4) is 0 Å². The maximum Gasteiger partial charge on any atom is 0.460 e. The van der Waals surface area contributed by atoms with Crippen LogP contribution in [0, 0.1) is 0 Å². The van der Waals surface area contributed by atoms with E-state index >= 15 is 0 Å². The molecular formula is C11H14BrF7O2. The van der Waals surface area contributed by atoms with Gasteiger partial charge in [-0.2, -0.15) is 30.7 Å². The number of ether oxygens (including phenoxy) is 1. The van der Waals surface area contributed by atoms with Crippen molar-refractivity contribution >= 4 is 21.9 Å². The zero-order valence-corrected chi connectivity index (χ0v) is 12.4. The van der Waals surface area contributed by atoms with Crippen LogP contribution in [0.1, 0.15) is 32.1 Å². The zero-order valence-electron chi connectivity index (χ0n) is 10.8. The van der Waals surface area contributed by atoms with Crippen LogP contribution in [0.2, 0.25) is 0 Å². The lowest BCUT2D eigenvalue weighted by Gasteiger charge is -2.26. The predicted octanol–water partition coefficient (Wildman–Crippen LogP) is 4.71. The summed E-state index contributed by atoms with van der Waals surface area (Å²) in [6.45, 7) is -0.628. The highest BCUT2D eigenvalue weighted by Gasteiger charge is 2.77. The molecule has 0 unspecified atom stereocenters. The van der Waals surface area contributed by atoms with Gasteiger partial charge in [-0.25, -0.2) is 4.79 Å². The molecule has 0 aliphatic rings. The summed E-state index contributed by atoms with van der Waals surface area (Å²) in [4.78, 5) is 10.7. The Hall–Kier alpha value is -0.540. The van der Waals surface area contributed by atoms with Gasteiger partial charge in [0.25, 0.3) is 0 Å². The molecular weight excluding hydrogens is 377 g/mol. The van der Waals surface area contributed by atoms with Crippen LogP contribution in [-0.4, -0.2) is 35.9 Å². The number of rotatable bonds is 9. The number of hydrogen-bond acceptors (Lipinski definition) is 2. The van der Waals surface area contributed by atoms with Crippen LogP contribution in [-0.2, 0) is 9.53 Å². The van der Waals surface area contributed by atoms with Crippen LogP contribution in [0.25, 0.3) is 0 Å². The molecule has 0 aromatic carbocycles. The third-order valence-electron chi connectivity index (χ3n) is 2.52. The molecule has 0 aliphatic carbocycles. The molecule has 0 rings (SSSR count). The Morgan fingerprint density at radius 1 is 0.857 bits per heavy atom. The van der Waals surface area contributed by atoms with Crippen molar-refractivity contribution in [1.82, 2.24) is 0 Å². The van der Waals surface area contributed by atoms with Gasteiger partial charge in [0, 0.05) is 5.33 Å². The van der Waals surface area contributed by atoms with Gasteiger partial charge < -0.3 is 4.74 Å². The average molecular weight is 391 g/mol. The number of hydrogen-bond donors (Lipinski definition) is 0. The molecule has 0 aliphatic heterocycles. The van der Waals surface area contributed by atoms with Gasteiger partial charge in [0.15, 0.2) is 0 Å². The van der Waals surface area contributed by atoms with Crippen molar-refractivity contribution in [1.29, 1.82) is 0 Å². The lowest BCUT2D eigenvalue weighted by Crippen LogP contribution is -2.56. The third-order valence-corrected chi connectivity index (χ3v) is 3.08. The zero-order chi connectivity index (χ0) is 16.7. The number of alkyl halides is 8. The molecule has 0 saturated carbocycles. The second-order valence-electron chi connectivity index (χ2n) is 4.24. The molecule has 0 heterocycles. The molecule has 0 bridgehead atoms. The largest absolute Gasteiger partial charge is 0.461 e. The Morgan fingerprint density at radius 2 is 1.33 bits per heavy atom. The molecule has 0 amide bonds. The van der Waals surface area contributed by atoms with E-state index in [1.165, 1.54) is 0 Å². The van der Waals surface area contributed by atoms with E-state index in [9.17, 15) is 35.5 Å². The van der Waals surface area contributed by atoms with E-state index in [4.69, 9.17) is 0 Å². The Balaban J connectivity index is 4.27. The van der Waals surface area contributed by atoms with Crippen LogP contribution >= 0.6 is 15.9 Å². The molecule has 0 radical (unpaired) electrons. The molecule has 21 heavy (non-hydrogen) atoms. The Morgan fingerprint density at radius 3 is 1.81 bits per heavy atom. The fourth-order valence-corrected chi connectivity index (χ4v) is 1.69. The van der Waals surface area contributed by atoms with E-state index in [2.05, 4.69) is 20.7 Å². The van der Waals surface area contributed by atoms with E-state index in [0.717, 1.165) is 18.2 Å². The molecule has 0 atom stereocenters. The van der Waals surface area contributed by atoms with Crippen LogP contribution in [0.4, 0.5) is 30.7 Å². The highest BCUT2D eigenvalue weighted by Crippen LogP contribution is 2.46. The lowest BCUT2D eigenvalue weighted by molar-refractivity contribution is -0.348. The molecule has 0 saturated heterocycles. The predicted molar refractivity (Wildman–Crippen MR) is 63.8 cm³/mol. The quantitative estimate of drug-likeness (QED) is 0.246. The minimum absolute atomic E-state index is 0.113. The van der Waals surface area contributed by atoms with E-state index in [-0.39, 0.29) is 6.42 Å². The summed E-state index contributed by atoms with van der Waals surface area (Å²) < 4.78 is 89.9. The second-order valence-corrected chi connectivity index (χ2v) is 5.03. The monoisotopic (exact) mass is 390 g/mol. The number of halogens is 8. The van der Waals surface area contributed by atoms with Gasteiger partial charge >= 0.3 is 24.0 Å². The van der Waals surface area contributed by atoms with Gasteiger partial charge in [0.05, 0.1) is 6.61 Å².